The third-order valence-electron chi connectivity index (χ3n) is 5.06. The van der Waals surface area contributed by atoms with E-state index in [9.17, 15) is 0 Å². The van der Waals surface area contributed by atoms with Crippen LogP contribution in [0.15, 0.2) is 54.6 Å². The van der Waals surface area contributed by atoms with E-state index in [1.54, 1.807) is 0 Å². The van der Waals surface area contributed by atoms with Gasteiger partial charge in [0.15, 0.2) is 0 Å². The lowest BCUT2D eigenvalue weighted by Crippen LogP contribution is -2.26. The predicted molar refractivity (Wildman–Crippen MR) is 89.0 cm³/mol. The first-order valence-corrected chi connectivity index (χ1v) is 8.06. The van der Waals surface area contributed by atoms with Crippen molar-refractivity contribution in [1.82, 2.24) is 0 Å². The average molecular weight is 278 g/mol. The minimum Gasteiger partial charge on any atom is -0.380 e. The minimum absolute atomic E-state index is 0.669. The topological polar surface area (TPSA) is 24.1 Å². The summed E-state index contributed by atoms with van der Waals surface area (Å²) in [6.45, 7) is 0. The van der Waals surface area contributed by atoms with E-state index in [-0.39, 0.29) is 0 Å². The molecule has 2 aliphatic rings. The van der Waals surface area contributed by atoms with E-state index in [0.29, 0.717) is 6.04 Å². The Hall–Kier alpha value is -1.96. The van der Waals surface area contributed by atoms with E-state index in [1.807, 2.05) is 6.07 Å². The molecule has 0 spiro atoms. The van der Waals surface area contributed by atoms with Crippen LogP contribution < -0.4 is 10.6 Å². The van der Waals surface area contributed by atoms with Gasteiger partial charge in [-0.1, -0.05) is 36.8 Å². The molecule has 2 fully saturated rings. The van der Waals surface area contributed by atoms with E-state index in [1.165, 1.54) is 37.1 Å². The lowest BCUT2D eigenvalue weighted by atomic mass is 9.95. The Morgan fingerprint density at radius 1 is 0.762 bits per heavy atom. The zero-order valence-electron chi connectivity index (χ0n) is 12.3. The third kappa shape index (κ3) is 2.63. The molecule has 3 atom stereocenters. The number of anilines is 3. The lowest BCUT2D eigenvalue weighted by molar-refractivity contribution is 0.440. The molecule has 2 aromatic rings. The van der Waals surface area contributed by atoms with Crippen LogP contribution in [-0.4, -0.2) is 6.04 Å². The second-order valence-corrected chi connectivity index (χ2v) is 6.46. The third-order valence-corrected chi connectivity index (χ3v) is 5.06. The largest absolute Gasteiger partial charge is 0.380 e. The second kappa shape index (κ2) is 5.44. The summed E-state index contributed by atoms with van der Waals surface area (Å²) >= 11 is 0. The van der Waals surface area contributed by atoms with Gasteiger partial charge in [-0.05, 0) is 55.4 Å². The van der Waals surface area contributed by atoms with Crippen LogP contribution in [0, 0.1) is 11.8 Å². The molecular formula is C19H22N2. The van der Waals surface area contributed by atoms with Crippen molar-refractivity contribution >= 4 is 17.1 Å². The number of benzene rings is 2. The first kappa shape index (κ1) is 12.8. The van der Waals surface area contributed by atoms with Gasteiger partial charge in [0.25, 0.3) is 0 Å². The van der Waals surface area contributed by atoms with E-state index >= 15 is 0 Å². The molecule has 2 aliphatic carbocycles. The maximum absolute atomic E-state index is 3.80. The molecular weight excluding hydrogens is 256 g/mol. The van der Waals surface area contributed by atoms with Crippen LogP contribution in [0.5, 0.6) is 0 Å². The molecule has 0 saturated heterocycles. The van der Waals surface area contributed by atoms with Gasteiger partial charge in [-0.25, -0.2) is 0 Å². The van der Waals surface area contributed by atoms with Crippen LogP contribution in [0.25, 0.3) is 0 Å². The van der Waals surface area contributed by atoms with Crippen molar-refractivity contribution in [3.05, 3.63) is 54.6 Å². The highest BCUT2D eigenvalue weighted by Gasteiger charge is 2.39. The molecule has 2 bridgehead atoms. The first-order chi connectivity index (χ1) is 10.4. The summed E-state index contributed by atoms with van der Waals surface area (Å²) in [5.74, 6) is 1.86. The highest BCUT2D eigenvalue weighted by molar-refractivity contribution is 5.74. The van der Waals surface area contributed by atoms with Gasteiger partial charge in [-0.15, -0.1) is 0 Å². The highest BCUT2D eigenvalue weighted by Crippen LogP contribution is 2.46. The van der Waals surface area contributed by atoms with Gasteiger partial charge < -0.3 is 10.6 Å². The molecule has 2 saturated carbocycles. The molecule has 108 valence electrons. The number of para-hydroxylation sites is 3. The predicted octanol–water partition coefficient (Wildman–Crippen LogP) is 5.03. The summed E-state index contributed by atoms with van der Waals surface area (Å²) in [5.41, 5.74) is 3.55. The van der Waals surface area contributed by atoms with E-state index in [4.69, 9.17) is 0 Å². The number of hydrogen-bond acceptors (Lipinski definition) is 2. The summed E-state index contributed by atoms with van der Waals surface area (Å²) in [7, 11) is 0. The standard InChI is InChI=1S/C19H22N2/c1-2-6-16(7-3-1)20-17-8-4-5-9-18(17)21-19-13-14-10-11-15(19)12-14/h1-9,14-15,19-21H,10-13H2. The number of nitrogens with one attached hydrogen (secondary N) is 2. The van der Waals surface area contributed by atoms with Crippen LogP contribution in [-0.2, 0) is 0 Å². The van der Waals surface area contributed by atoms with Crippen molar-refractivity contribution < 1.29 is 0 Å². The van der Waals surface area contributed by atoms with Crippen LogP contribution in [0.2, 0.25) is 0 Å². The maximum Gasteiger partial charge on any atom is 0.0620 e. The summed E-state index contributed by atoms with van der Waals surface area (Å²) in [6.07, 6.45) is 5.65. The lowest BCUT2D eigenvalue weighted by Gasteiger charge is -2.25. The van der Waals surface area contributed by atoms with Gasteiger partial charge in [0, 0.05) is 11.7 Å². The van der Waals surface area contributed by atoms with Gasteiger partial charge in [0.05, 0.1) is 11.4 Å². The van der Waals surface area contributed by atoms with Crippen molar-refractivity contribution in [2.45, 2.75) is 31.7 Å². The molecule has 4 rings (SSSR count). The fourth-order valence-electron chi connectivity index (χ4n) is 4.02. The van der Waals surface area contributed by atoms with Gasteiger partial charge >= 0.3 is 0 Å². The Morgan fingerprint density at radius 3 is 2.24 bits per heavy atom. The van der Waals surface area contributed by atoms with Crippen molar-refractivity contribution in [1.29, 1.82) is 0 Å². The highest BCUT2D eigenvalue weighted by atomic mass is 15.0. The molecule has 0 aliphatic heterocycles. The average Bonchev–Trinajstić information content (AvgIpc) is 3.13. The summed E-state index contributed by atoms with van der Waals surface area (Å²) in [5, 5.41) is 7.33. The monoisotopic (exact) mass is 278 g/mol. The molecule has 2 nitrogen and oxygen atoms in total. The Labute approximate surface area is 126 Å². The first-order valence-electron chi connectivity index (χ1n) is 8.06. The summed E-state index contributed by atoms with van der Waals surface area (Å²) in [4.78, 5) is 0. The zero-order valence-corrected chi connectivity index (χ0v) is 12.3. The quantitative estimate of drug-likeness (QED) is 0.819. The van der Waals surface area contributed by atoms with E-state index in [0.717, 1.165) is 17.5 Å². The van der Waals surface area contributed by atoms with E-state index in [2.05, 4.69) is 59.2 Å². The van der Waals surface area contributed by atoms with Crippen molar-refractivity contribution in [3.8, 4) is 0 Å². The molecule has 2 N–H and O–H groups in total. The molecule has 0 amide bonds. The van der Waals surface area contributed by atoms with Gasteiger partial charge in [0.1, 0.15) is 0 Å². The van der Waals surface area contributed by atoms with Gasteiger partial charge in [0.2, 0.25) is 0 Å². The Kier molecular flexibility index (Phi) is 3.30. The van der Waals surface area contributed by atoms with Crippen molar-refractivity contribution in [2.75, 3.05) is 10.6 Å². The fourth-order valence-corrected chi connectivity index (χ4v) is 4.02. The minimum atomic E-state index is 0.669. The summed E-state index contributed by atoms with van der Waals surface area (Å²) in [6, 6.07) is 19.6. The number of fused-ring (bicyclic) bond motifs is 2. The molecule has 0 aromatic heterocycles. The number of hydrogen-bond donors (Lipinski definition) is 2. The van der Waals surface area contributed by atoms with Crippen LogP contribution >= 0.6 is 0 Å². The van der Waals surface area contributed by atoms with Gasteiger partial charge in [-0.3, -0.25) is 0 Å². The molecule has 2 aromatic carbocycles. The van der Waals surface area contributed by atoms with Crippen LogP contribution in [0.3, 0.4) is 0 Å². The molecule has 21 heavy (non-hydrogen) atoms. The van der Waals surface area contributed by atoms with Crippen molar-refractivity contribution in [2.24, 2.45) is 11.8 Å². The molecule has 3 unspecified atom stereocenters. The van der Waals surface area contributed by atoms with Crippen molar-refractivity contribution in [3.63, 3.8) is 0 Å². The summed E-state index contributed by atoms with van der Waals surface area (Å²) < 4.78 is 0. The van der Waals surface area contributed by atoms with Crippen LogP contribution in [0.4, 0.5) is 17.1 Å². The van der Waals surface area contributed by atoms with E-state index < -0.39 is 0 Å². The Morgan fingerprint density at radius 2 is 1.52 bits per heavy atom. The molecule has 2 heteroatoms. The normalized spacial score (nSPS) is 26.8. The maximum atomic E-state index is 3.80. The molecule has 0 radical (unpaired) electrons. The smallest absolute Gasteiger partial charge is 0.0620 e. The number of rotatable bonds is 4. The fraction of sp³-hybridized carbons (Fsp3) is 0.368. The van der Waals surface area contributed by atoms with Gasteiger partial charge in [-0.2, -0.15) is 0 Å². The Bertz CT molecular complexity index is 608. The molecule has 0 heterocycles. The van der Waals surface area contributed by atoms with Crippen LogP contribution in [0.1, 0.15) is 25.7 Å². The SMILES string of the molecule is c1ccc(Nc2ccccc2NC2CC3CCC2C3)cc1. The zero-order chi connectivity index (χ0) is 14.1. The second-order valence-electron chi connectivity index (χ2n) is 6.46. The Balaban J connectivity index is 1.52.